The van der Waals surface area contributed by atoms with Crippen LogP contribution in [0.1, 0.15) is 50.3 Å². The third-order valence-corrected chi connectivity index (χ3v) is 6.78. The van der Waals surface area contributed by atoms with Gasteiger partial charge in [0.1, 0.15) is 13.2 Å². The number of nitrogens with one attached hydrogen (secondary N) is 1. The van der Waals surface area contributed by atoms with Gasteiger partial charge in [0.05, 0.1) is 46.4 Å². The molecule has 0 aromatic heterocycles. The number of carbonyl (C=O) groups excluding carboxylic acids is 2. The number of fused-ring (bicyclic) bond motifs is 1. The van der Waals surface area contributed by atoms with E-state index in [9.17, 15) is 14.7 Å². The number of ether oxygens (including phenoxy) is 4. The number of likely N-dealkylation sites (tertiary alicyclic amines) is 1. The van der Waals surface area contributed by atoms with E-state index in [1.54, 1.807) is 36.4 Å². The van der Waals surface area contributed by atoms with Crippen molar-refractivity contribution in [2.45, 2.75) is 39.2 Å². The van der Waals surface area contributed by atoms with Gasteiger partial charge in [0, 0.05) is 5.57 Å². The normalized spacial score (nSPS) is 18.1. The number of amides is 1. The van der Waals surface area contributed by atoms with E-state index in [1.807, 2.05) is 21.0 Å². The lowest BCUT2D eigenvalue weighted by Gasteiger charge is -2.28. The minimum atomic E-state index is -0.849. The molecule has 39 heavy (non-hydrogen) atoms. The Kier molecular flexibility index (Phi) is 9.35. The van der Waals surface area contributed by atoms with E-state index in [0.29, 0.717) is 68.1 Å². The largest absolute Gasteiger partial charge is 0.872 e. The Morgan fingerprint density at radius 3 is 2.49 bits per heavy atom. The fraction of sp³-hybridized carbons (Fsp3) is 0.467. The molecule has 0 bridgehead atoms. The van der Waals surface area contributed by atoms with Gasteiger partial charge in [-0.1, -0.05) is 37.7 Å². The molecule has 1 amide bonds. The quantitative estimate of drug-likeness (QED) is 0.190. The van der Waals surface area contributed by atoms with Gasteiger partial charge >= 0.3 is 0 Å². The number of hydrogen-bond acceptors (Lipinski definition) is 7. The summed E-state index contributed by atoms with van der Waals surface area (Å²) in [6.07, 6.45) is 3.08. The van der Waals surface area contributed by atoms with Crippen molar-refractivity contribution in [2.75, 3.05) is 53.6 Å². The molecule has 2 aromatic carbocycles. The smallest absolute Gasteiger partial charge is 0.295 e. The maximum atomic E-state index is 13.8. The van der Waals surface area contributed by atoms with Crippen molar-refractivity contribution >= 4 is 17.4 Å². The van der Waals surface area contributed by atoms with Gasteiger partial charge in [-0.2, -0.15) is 0 Å². The zero-order chi connectivity index (χ0) is 27.9. The monoisotopic (exact) mass is 538 g/mol. The molecular weight excluding hydrogens is 500 g/mol. The molecule has 0 radical (unpaired) electrons. The highest BCUT2D eigenvalue weighted by Crippen LogP contribution is 2.42. The van der Waals surface area contributed by atoms with Crippen LogP contribution in [0.5, 0.6) is 23.0 Å². The molecule has 210 valence electrons. The summed E-state index contributed by atoms with van der Waals surface area (Å²) in [5.41, 5.74) is 0.805. The molecule has 1 fully saturated rings. The summed E-state index contributed by atoms with van der Waals surface area (Å²) < 4.78 is 23.1. The molecule has 0 spiro atoms. The maximum Gasteiger partial charge on any atom is 0.295 e. The van der Waals surface area contributed by atoms with Crippen molar-refractivity contribution in [1.29, 1.82) is 0 Å². The molecule has 9 nitrogen and oxygen atoms in total. The number of unbranched alkanes of at least 4 members (excludes halogenated alkanes) is 2. The lowest BCUT2D eigenvalue weighted by atomic mass is 9.94. The highest BCUT2D eigenvalue weighted by Gasteiger charge is 2.44. The molecule has 0 saturated carbocycles. The summed E-state index contributed by atoms with van der Waals surface area (Å²) >= 11 is 0. The van der Waals surface area contributed by atoms with Crippen molar-refractivity contribution in [2.24, 2.45) is 0 Å². The molecule has 1 atom stereocenters. The number of quaternary nitrogens is 1. The Hall–Kier alpha value is -3.72. The third-order valence-electron chi connectivity index (χ3n) is 6.78. The van der Waals surface area contributed by atoms with Crippen LogP contribution >= 0.6 is 0 Å². The molecule has 2 aliphatic heterocycles. The lowest BCUT2D eigenvalue weighted by Crippen LogP contribution is -3.06. The standard InChI is InChI=1S/C30H38N2O7/c1-5-7-8-15-37-22-11-9-20(18-24(22)36-6-2)27-26(29(34)30(35)32(27)14-13-31(3)4)28(33)21-10-12-23-25(19-21)39-17-16-38-23/h9-12,18-19,27,33H,5-8,13-17H2,1-4H3/b28-26+. The predicted molar refractivity (Wildman–Crippen MR) is 144 cm³/mol. The highest BCUT2D eigenvalue weighted by molar-refractivity contribution is 6.46. The van der Waals surface area contributed by atoms with Crippen LogP contribution in [-0.2, 0) is 9.59 Å². The second-order valence-corrected chi connectivity index (χ2v) is 9.98. The molecule has 9 heteroatoms. The third kappa shape index (κ3) is 6.30. The minimum absolute atomic E-state index is 0.0792. The highest BCUT2D eigenvalue weighted by atomic mass is 16.6. The van der Waals surface area contributed by atoms with E-state index in [2.05, 4.69) is 6.92 Å². The molecule has 0 aliphatic carbocycles. The molecule has 1 N–H and O–H groups in total. The van der Waals surface area contributed by atoms with Crippen molar-refractivity contribution in [3.8, 4) is 23.0 Å². The first kappa shape index (κ1) is 28.3. The molecular formula is C30H38N2O7. The van der Waals surface area contributed by atoms with Gasteiger partial charge in [-0.3, -0.25) is 9.59 Å². The zero-order valence-corrected chi connectivity index (χ0v) is 23.2. The van der Waals surface area contributed by atoms with Gasteiger partial charge in [-0.05, 0) is 48.7 Å². The van der Waals surface area contributed by atoms with E-state index >= 15 is 0 Å². The second kappa shape index (κ2) is 12.9. The summed E-state index contributed by atoms with van der Waals surface area (Å²) in [7, 11) is 3.94. The number of nitrogens with zero attached hydrogens (tertiary/aromatic N) is 1. The number of benzene rings is 2. The second-order valence-electron chi connectivity index (χ2n) is 9.98. The Labute approximate surface area is 229 Å². The molecule has 1 unspecified atom stereocenters. The minimum Gasteiger partial charge on any atom is -0.872 e. The SMILES string of the molecule is CCCCCOc1ccc(C2/C(=C(\[O-])c3ccc4c(c3)OCCO4)C(=O)C(=O)N2CC[NH+](C)C)cc1OCC. The Bertz CT molecular complexity index is 1220. The summed E-state index contributed by atoms with van der Waals surface area (Å²) in [4.78, 5) is 29.2. The maximum absolute atomic E-state index is 13.8. The summed E-state index contributed by atoms with van der Waals surface area (Å²) in [6.45, 7) is 6.71. The average Bonchev–Trinajstić information content (AvgIpc) is 3.19. The van der Waals surface area contributed by atoms with Gasteiger partial charge in [-0.25, -0.2) is 0 Å². The fourth-order valence-electron chi connectivity index (χ4n) is 4.75. The average molecular weight is 539 g/mol. The number of ketones is 1. The Balaban J connectivity index is 1.77. The fourth-order valence-corrected chi connectivity index (χ4v) is 4.75. The first-order valence-corrected chi connectivity index (χ1v) is 13.7. The van der Waals surface area contributed by atoms with E-state index in [0.717, 1.165) is 24.2 Å². The van der Waals surface area contributed by atoms with Crippen LogP contribution in [0, 0.1) is 0 Å². The van der Waals surface area contributed by atoms with E-state index < -0.39 is 23.5 Å². The van der Waals surface area contributed by atoms with Gasteiger partial charge < -0.3 is 33.9 Å². The van der Waals surface area contributed by atoms with Crippen molar-refractivity contribution < 1.29 is 38.5 Å². The number of hydrogen-bond donors (Lipinski definition) is 1. The van der Waals surface area contributed by atoms with Crippen LogP contribution in [0.4, 0.5) is 0 Å². The van der Waals surface area contributed by atoms with Crippen molar-refractivity contribution in [3.63, 3.8) is 0 Å². The first-order valence-electron chi connectivity index (χ1n) is 13.7. The van der Waals surface area contributed by atoms with Gasteiger partial charge in [0.25, 0.3) is 5.91 Å². The topological polar surface area (TPSA) is 102 Å². The molecule has 1 saturated heterocycles. The molecule has 2 aliphatic rings. The van der Waals surface area contributed by atoms with Crippen LogP contribution in [0.3, 0.4) is 0 Å². The van der Waals surface area contributed by atoms with Crippen LogP contribution in [0.25, 0.3) is 5.76 Å². The van der Waals surface area contributed by atoms with E-state index in [1.165, 1.54) is 4.90 Å². The summed E-state index contributed by atoms with van der Waals surface area (Å²) in [5, 5.41) is 13.8. The number of rotatable bonds is 12. The van der Waals surface area contributed by atoms with Crippen molar-refractivity contribution in [1.82, 2.24) is 4.90 Å². The Morgan fingerprint density at radius 1 is 1.00 bits per heavy atom. The number of likely N-dealkylation sites (N-methyl/N-ethyl adjacent to an activating group) is 1. The molecule has 4 rings (SSSR count). The first-order chi connectivity index (χ1) is 18.8. The van der Waals surface area contributed by atoms with Gasteiger partial charge in [0.15, 0.2) is 23.0 Å². The zero-order valence-electron chi connectivity index (χ0n) is 23.2. The van der Waals surface area contributed by atoms with Crippen molar-refractivity contribution in [3.05, 3.63) is 53.1 Å². The number of Topliss-reactive ketones (excluding diaryl/α,β-unsaturated/α-hetero) is 1. The summed E-state index contributed by atoms with van der Waals surface area (Å²) in [5.74, 6) is 0.121. The lowest BCUT2D eigenvalue weighted by molar-refractivity contribution is -0.857. The van der Waals surface area contributed by atoms with Gasteiger partial charge in [-0.15, -0.1) is 0 Å². The van der Waals surface area contributed by atoms with E-state index in [4.69, 9.17) is 18.9 Å². The van der Waals surface area contributed by atoms with Crippen LogP contribution in [0.2, 0.25) is 0 Å². The number of carbonyl (C=O) groups is 2. The van der Waals surface area contributed by atoms with E-state index in [-0.39, 0.29) is 11.1 Å². The Morgan fingerprint density at radius 2 is 1.77 bits per heavy atom. The van der Waals surface area contributed by atoms with Crippen LogP contribution < -0.4 is 29.0 Å². The molecule has 2 heterocycles. The summed E-state index contributed by atoms with van der Waals surface area (Å²) in [6, 6.07) is 9.36. The van der Waals surface area contributed by atoms with Crippen LogP contribution in [-0.4, -0.2) is 70.2 Å². The predicted octanol–water partition coefficient (Wildman–Crippen LogP) is 1.79. The van der Waals surface area contributed by atoms with Gasteiger partial charge in [0.2, 0.25) is 5.78 Å². The molecule has 2 aromatic rings. The van der Waals surface area contributed by atoms with Crippen LogP contribution in [0.15, 0.2) is 42.0 Å².